The molecule has 2 rings (SSSR count). The number of hydrogen-bond acceptors (Lipinski definition) is 5. The zero-order valence-corrected chi connectivity index (χ0v) is 14.7. The molecule has 0 atom stereocenters. The molecule has 6 nitrogen and oxygen atoms in total. The van der Waals surface area contributed by atoms with Crippen molar-refractivity contribution in [2.45, 2.75) is 26.5 Å². The zero-order valence-electron chi connectivity index (χ0n) is 13.1. The van der Waals surface area contributed by atoms with Gasteiger partial charge in [-0.2, -0.15) is 9.97 Å². The number of benzene rings is 1. The zero-order chi connectivity index (χ0) is 17.0. The first-order chi connectivity index (χ1) is 10.8. The second kappa shape index (κ2) is 7.14. The fourth-order valence-corrected chi connectivity index (χ4v) is 3.45. The van der Waals surface area contributed by atoms with Gasteiger partial charge in [0, 0.05) is 5.02 Å². The molecule has 0 spiro atoms. The minimum absolute atomic E-state index is 0.156. The number of aromatic nitrogens is 2. The number of nitrogens with one attached hydrogen (secondary N) is 1. The molecule has 0 fully saturated rings. The Balaban J connectivity index is 2.21. The van der Waals surface area contributed by atoms with E-state index in [1.165, 1.54) is 0 Å². The summed E-state index contributed by atoms with van der Waals surface area (Å²) in [4.78, 5) is 8.30. The van der Waals surface area contributed by atoms with Crippen molar-refractivity contribution in [2.75, 3.05) is 11.3 Å². The molecule has 0 amide bonds. The Morgan fingerprint density at radius 2 is 1.70 bits per heavy atom. The lowest BCUT2D eigenvalue weighted by molar-refractivity contribution is 0.311. The van der Waals surface area contributed by atoms with E-state index in [4.69, 9.17) is 16.3 Å². The van der Waals surface area contributed by atoms with Gasteiger partial charge in [0.15, 0.2) is 0 Å². The number of anilines is 1. The quantitative estimate of drug-likeness (QED) is 0.861. The SMILES string of the molecule is CCOc1nc(C)c(NS(=O)(=O)Cc2ccc(Cl)cc2)c(C)n1. The summed E-state index contributed by atoms with van der Waals surface area (Å²) in [6.07, 6.45) is 0. The molecule has 0 bridgehead atoms. The van der Waals surface area contributed by atoms with Gasteiger partial charge in [0.1, 0.15) is 0 Å². The number of sulfonamides is 1. The van der Waals surface area contributed by atoms with Crippen molar-refractivity contribution in [3.8, 4) is 6.01 Å². The monoisotopic (exact) mass is 355 g/mol. The number of aryl methyl sites for hydroxylation is 2. The molecular formula is C15H18ClN3O3S. The van der Waals surface area contributed by atoms with Gasteiger partial charge in [-0.3, -0.25) is 4.72 Å². The topological polar surface area (TPSA) is 81.2 Å². The summed E-state index contributed by atoms with van der Waals surface area (Å²) >= 11 is 5.80. The highest BCUT2D eigenvalue weighted by Gasteiger charge is 2.17. The number of halogens is 1. The summed E-state index contributed by atoms with van der Waals surface area (Å²) in [6.45, 7) is 5.69. The van der Waals surface area contributed by atoms with Gasteiger partial charge in [0.05, 0.1) is 29.4 Å². The number of nitrogens with zero attached hydrogens (tertiary/aromatic N) is 2. The predicted molar refractivity (Wildman–Crippen MR) is 90.4 cm³/mol. The molecular weight excluding hydrogens is 338 g/mol. The first-order valence-corrected chi connectivity index (χ1v) is 9.06. The highest BCUT2D eigenvalue weighted by molar-refractivity contribution is 7.91. The molecule has 0 saturated carbocycles. The largest absolute Gasteiger partial charge is 0.464 e. The van der Waals surface area contributed by atoms with E-state index in [2.05, 4.69) is 14.7 Å². The molecule has 0 aliphatic rings. The smallest absolute Gasteiger partial charge is 0.316 e. The molecule has 0 radical (unpaired) electrons. The van der Waals surface area contributed by atoms with Gasteiger partial charge in [-0.15, -0.1) is 0 Å². The van der Waals surface area contributed by atoms with Crippen LogP contribution in [0.2, 0.25) is 5.02 Å². The van der Waals surface area contributed by atoms with Crippen molar-refractivity contribution in [1.82, 2.24) is 9.97 Å². The standard InChI is InChI=1S/C15H18ClN3O3S/c1-4-22-15-17-10(2)14(11(3)18-15)19-23(20,21)9-12-5-7-13(16)8-6-12/h5-8,19H,4,9H2,1-3H3. The summed E-state index contributed by atoms with van der Waals surface area (Å²) in [5.41, 5.74) is 2.05. The van der Waals surface area contributed by atoms with E-state index in [-0.39, 0.29) is 11.8 Å². The van der Waals surface area contributed by atoms with Crippen molar-refractivity contribution in [2.24, 2.45) is 0 Å². The summed E-state index contributed by atoms with van der Waals surface area (Å²) in [7, 11) is -3.58. The summed E-state index contributed by atoms with van der Waals surface area (Å²) in [5, 5.41) is 0.561. The highest BCUT2D eigenvalue weighted by atomic mass is 35.5. The maximum atomic E-state index is 12.3. The second-order valence-electron chi connectivity index (χ2n) is 4.97. The number of rotatable bonds is 6. The van der Waals surface area contributed by atoms with Crippen LogP contribution in [0.5, 0.6) is 6.01 Å². The van der Waals surface area contributed by atoms with Gasteiger partial charge in [-0.25, -0.2) is 8.42 Å². The fourth-order valence-electron chi connectivity index (χ4n) is 2.02. The summed E-state index contributed by atoms with van der Waals surface area (Å²) < 4.78 is 32.5. The molecule has 0 unspecified atom stereocenters. The van der Waals surface area contributed by atoms with Crippen molar-refractivity contribution < 1.29 is 13.2 Å². The van der Waals surface area contributed by atoms with Gasteiger partial charge < -0.3 is 4.74 Å². The number of ether oxygens (including phenoxy) is 1. The lowest BCUT2D eigenvalue weighted by Gasteiger charge is -2.13. The molecule has 1 aromatic heterocycles. The maximum absolute atomic E-state index is 12.3. The van der Waals surface area contributed by atoms with E-state index in [0.29, 0.717) is 34.3 Å². The van der Waals surface area contributed by atoms with Crippen LogP contribution in [0.4, 0.5) is 5.69 Å². The fraction of sp³-hybridized carbons (Fsp3) is 0.333. The van der Waals surface area contributed by atoms with Gasteiger partial charge in [0.25, 0.3) is 0 Å². The lowest BCUT2D eigenvalue weighted by atomic mass is 10.2. The Morgan fingerprint density at radius 1 is 1.13 bits per heavy atom. The predicted octanol–water partition coefficient (Wildman–Crippen LogP) is 3.09. The third-order valence-electron chi connectivity index (χ3n) is 3.05. The molecule has 1 heterocycles. The van der Waals surface area contributed by atoms with Crippen molar-refractivity contribution in [1.29, 1.82) is 0 Å². The first kappa shape index (κ1) is 17.5. The summed E-state index contributed by atoms with van der Waals surface area (Å²) in [5.74, 6) is -0.156. The van der Waals surface area contributed by atoms with Gasteiger partial charge in [0.2, 0.25) is 10.0 Å². The van der Waals surface area contributed by atoms with Gasteiger partial charge in [-0.05, 0) is 38.5 Å². The molecule has 2 aromatic rings. The Labute approximate surface area is 140 Å². The Hall–Kier alpha value is -1.86. The highest BCUT2D eigenvalue weighted by Crippen LogP contribution is 2.22. The van der Waals surface area contributed by atoms with Crippen molar-refractivity contribution in [3.63, 3.8) is 0 Å². The van der Waals surface area contributed by atoms with E-state index in [1.54, 1.807) is 38.1 Å². The average molecular weight is 356 g/mol. The minimum Gasteiger partial charge on any atom is -0.464 e. The van der Waals surface area contributed by atoms with Gasteiger partial charge >= 0.3 is 6.01 Å². The third-order valence-corrected chi connectivity index (χ3v) is 4.53. The van der Waals surface area contributed by atoms with E-state index in [1.807, 2.05) is 6.92 Å². The number of hydrogen-bond donors (Lipinski definition) is 1. The Morgan fingerprint density at radius 3 is 2.22 bits per heavy atom. The van der Waals surface area contributed by atoms with E-state index in [0.717, 1.165) is 0 Å². The second-order valence-corrected chi connectivity index (χ2v) is 7.13. The molecule has 124 valence electrons. The molecule has 0 aliphatic heterocycles. The van der Waals surface area contributed by atoms with Crippen LogP contribution < -0.4 is 9.46 Å². The normalized spacial score (nSPS) is 11.3. The average Bonchev–Trinajstić information content (AvgIpc) is 2.46. The van der Waals surface area contributed by atoms with Crippen LogP contribution in [-0.4, -0.2) is 25.0 Å². The van der Waals surface area contributed by atoms with Crippen LogP contribution in [0.3, 0.4) is 0 Å². The Bertz CT molecular complexity index is 769. The van der Waals surface area contributed by atoms with Crippen LogP contribution in [0, 0.1) is 13.8 Å². The van der Waals surface area contributed by atoms with Crippen LogP contribution in [0.1, 0.15) is 23.9 Å². The van der Waals surface area contributed by atoms with E-state index >= 15 is 0 Å². The van der Waals surface area contributed by atoms with Crippen molar-refractivity contribution in [3.05, 3.63) is 46.2 Å². The van der Waals surface area contributed by atoms with Crippen LogP contribution >= 0.6 is 11.6 Å². The molecule has 0 aliphatic carbocycles. The molecule has 8 heteroatoms. The van der Waals surface area contributed by atoms with E-state index in [9.17, 15) is 8.42 Å². The molecule has 23 heavy (non-hydrogen) atoms. The lowest BCUT2D eigenvalue weighted by Crippen LogP contribution is -2.18. The maximum Gasteiger partial charge on any atom is 0.316 e. The first-order valence-electron chi connectivity index (χ1n) is 7.03. The summed E-state index contributed by atoms with van der Waals surface area (Å²) in [6, 6.07) is 6.90. The Kier molecular flexibility index (Phi) is 5.43. The molecule has 0 saturated heterocycles. The molecule has 1 N–H and O–H groups in total. The van der Waals surface area contributed by atoms with E-state index < -0.39 is 10.0 Å². The molecule has 1 aromatic carbocycles. The van der Waals surface area contributed by atoms with Crippen LogP contribution in [0.15, 0.2) is 24.3 Å². The van der Waals surface area contributed by atoms with Crippen LogP contribution in [-0.2, 0) is 15.8 Å². The van der Waals surface area contributed by atoms with Gasteiger partial charge in [-0.1, -0.05) is 23.7 Å². The third kappa shape index (κ3) is 4.80. The van der Waals surface area contributed by atoms with Crippen LogP contribution in [0.25, 0.3) is 0 Å². The minimum atomic E-state index is -3.58. The van der Waals surface area contributed by atoms with Crippen molar-refractivity contribution >= 4 is 27.3 Å².